The summed E-state index contributed by atoms with van der Waals surface area (Å²) in [5.74, 6) is -4.88. The summed E-state index contributed by atoms with van der Waals surface area (Å²) in [4.78, 5) is 12.1. The number of hydrogen-bond acceptors (Lipinski definition) is 4. The van der Waals surface area contributed by atoms with Crippen LogP contribution in [0.3, 0.4) is 0 Å². The lowest BCUT2D eigenvalue weighted by molar-refractivity contribution is 0.102. The first-order valence-electron chi connectivity index (χ1n) is 7.56. The van der Waals surface area contributed by atoms with Gasteiger partial charge in [0, 0.05) is 5.69 Å². The minimum absolute atomic E-state index is 0.107. The second kappa shape index (κ2) is 7.22. The monoisotopic (exact) mass is 358 g/mol. The summed E-state index contributed by atoms with van der Waals surface area (Å²) in [7, 11) is 0. The molecule has 0 atom stereocenters. The van der Waals surface area contributed by atoms with Crippen LogP contribution in [0, 0.1) is 24.4 Å². The minimum Gasteiger partial charge on any atom is -0.339 e. The molecule has 0 radical (unpaired) electrons. The van der Waals surface area contributed by atoms with Gasteiger partial charge in [0.25, 0.3) is 5.91 Å². The highest BCUT2D eigenvalue weighted by Crippen LogP contribution is 2.20. The zero-order chi connectivity index (χ0) is 18.7. The number of carbonyl (C=O) groups excluding carboxylic acids is 1. The summed E-state index contributed by atoms with van der Waals surface area (Å²) >= 11 is 0. The molecule has 8 heteroatoms. The van der Waals surface area contributed by atoms with Crippen LogP contribution in [0.5, 0.6) is 0 Å². The smallest absolute Gasteiger partial charge is 0.276 e. The van der Waals surface area contributed by atoms with E-state index in [2.05, 4.69) is 20.8 Å². The van der Waals surface area contributed by atoms with Crippen molar-refractivity contribution >= 4 is 23.1 Å². The normalized spacial score (nSPS) is 10.5. The van der Waals surface area contributed by atoms with E-state index < -0.39 is 29.0 Å². The Labute approximate surface area is 146 Å². The van der Waals surface area contributed by atoms with Gasteiger partial charge in [-0.1, -0.05) is 12.1 Å². The molecule has 2 aromatic carbocycles. The lowest BCUT2D eigenvalue weighted by atomic mass is 10.2. The van der Waals surface area contributed by atoms with E-state index in [4.69, 9.17) is 0 Å². The van der Waals surface area contributed by atoms with Gasteiger partial charge in [-0.2, -0.15) is 0 Å². The van der Waals surface area contributed by atoms with E-state index in [-0.39, 0.29) is 5.69 Å². The Hall–Kier alpha value is -3.42. The van der Waals surface area contributed by atoms with Crippen LogP contribution in [0.1, 0.15) is 16.1 Å². The highest BCUT2D eigenvalue weighted by atomic mass is 19.2. The number of nitrogens with zero attached hydrogens (tertiary/aromatic N) is 2. The number of nitrogens with one attached hydrogen (secondary N) is 2. The second-order valence-electron chi connectivity index (χ2n) is 5.48. The molecule has 5 nitrogen and oxygen atoms in total. The van der Waals surface area contributed by atoms with Crippen molar-refractivity contribution in [2.75, 3.05) is 10.6 Å². The number of carbonyl (C=O) groups is 1. The molecule has 0 aliphatic heterocycles. The van der Waals surface area contributed by atoms with Gasteiger partial charge in [-0.15, -0.1) is 10.2 Å². The van der Waals surface area contributed by atoms with Gasteiger partial charge in [-0.3, -0.25) is 4.79 Å². The van der Waals surface area contributed by atoms with Crippen molar-refractivity contribution in [3.05, 3.63) is 77.2 Å². The standard InChI is InChI=1S/C18H13F3N4O/c1-10-3-2-4-11(9-10)22-15-8-7-14(24-25-15)18(26)23-13-6-5-12(19)16(20)17(13)21/h2-9H,1H3,(H,22,25)(H,23,26). The molecule has 2 N–H and O–H groups in total. The molecule has 132 valence electrons. The number of amides is 1. The van der Waals surface area contributed by atoms with Gasteiger partial charge in [-0.05, 0) is 48.9 Å². The molecule has 1 amide bonds. The van der Waals surface area contributed by atoms with Crippen LogP contribution >= 0.6 is 0 Å². The van der Waals surface area contributed by atoms with Crippen molar-refractivity contribution in [2.24, 2.45) is 0 Å². The first-order valence-corrected chi connectivity index (χ1v) is 7.56. The highest BCUT2D eigenvalue weighted by Gasteiger charge is 2.16. The van der Waals surface area contributed by atoms with Gasteiger partial charge in [-0.25, -0.2) is 13.2 Å². The molecule has 0 spiro atoms. The molecule has 3 aromatic rings. The van der Waals surface area contributed by atoms with E-state index in [9.17, 15) is 18.0 Å². The SMILES string of the molecule is Cc1cccc(Nc2ccc(C(=O)Nc3ccc(F)c(F)c3F)nn2)c1. The number of benzene rings is 2. The van der Waals surface area contributed by atoms with Crippen LogP contribution in [0.4, 0.5) is 30.4 Å². The molecule has 1 aromatic heterocycles. The molecule has 0 fully saturated rings. The third-order valence-electron chi connectivity index (χ3n) is 3.47. The van der Waals surface area contributed by atoms with Crippen LogP contribution in [0.25, 0.3) is 0 Å². The highest BCUT2D eigenvalue weighted by molar-refractivity contribution is 6.02. The Morgan fingerprint density at radius 2 is 1.77 bits per heavy atom. The number of aryl methyl sites for hydroxylation is 1. The van der Waals surface area contributed by atoms with Gasteiger partial charge in [0.05, 0.1) is 5.69 Å². The van der Waals surface area contributed by atoms with E-state index in [1.165, 1.54) is 12.1 Å². The van der Waals surface area contributed by atoms with Crippen molar-refractivity contribution in [3.63, 3.8) is 0 Å². The second-order valence-corrected chi connectivity index (χ2v) is 5.48. The molecule has 26 heavy (non-hydrogen) atoms. The predicted octanol–water partition coefficient (Wildman–Crippen LogP) is 4.20. The van der Waals surface area contributed by atoms with E-state index >= 15 is 0 Å². The fraction of sp³-hybridized carbons (Fsp3) is 0.0556. The maximum atomic E-state index is 13.6. The Morgan fingerprint density at radius 3 is 2.46 bits per heavy atom. The van der Waals surface area contributed by atoms with Crippen molar-refractivity contribution in [3.8, 4) is 0 Å². The summed E-state index contributed by atoms with van der Waals surface area (Å²) in [6.07, 6.45) is 0. The van der Waals surface area contributed by atoms with E-state index in [1.807, 2.05) is 31.2 Å². The fourth-order valence-corrected chi connectivity index (χ4v) is 2.20. The summed E-state index contributed by atoms with van der Waals surface area (Å²) < 4.78 is 39.7. The number of aromatic nitrogens is 2. The molecule has 0 bridgehead atoms. The quantitative estimate of drug-likeness (QED) is 0.686. The predicted molar refractivity (Wildman–Crippen MR) is 90.8 cm³/mol. The van der Waals surface area contributed by atoms with Gasteiger partial charge in [0.15, 0.2) is 29.0 Å². The summed E-state index contributed by atoms with van der Waals surface area (Å²) in [5, 5.41) is 12.8. The minimum atomic E-state index is -1.66. The number of hydrogen-bond donors (Lipinski definition) is 2. The average molecular weight is 358 g/mol. The zero-order valence-corrected chi connectivity index (χ0v) is 13.6. The number of anilines is 3. The van der Waals surface area contributed by atoms with Gasteiger partial charge in [0.2, 0.25) is 0 Å². The fourth-order valence-electron chi connectivity index (χ4n) is 2.20. The van der Waals surface area contributed by atoms with Crippen LogP contribution in [-0.4, -0.2) is 16.1 Å². The largest absolute Gasteiger partial charge is 0.339 e. The lowest BCUT2D eigenvalue weighted by Crippen LogP contribution is -2.16. The number of halogens is 3. The topological polar surface area (TPSA) is 66.9 Å². The molecule has 0 aliphatic rings. The molecule has 1 heterocycles. The van der Waals surface area contributed by atoms with E-state index in [0.29, 0.717) is 11.9 Å². The van der Waals surface area contributed by atoms with Gasteiger partial charge in [0.1, 0.15) is 0 Å². The molecular formula is C18H13F3N4O. The molecule has 0 aliphatic carbocycles. The number of rotatable bonds is 4. The first kappa shape index (κ1) is 17.4. The Bertz CT molecular complexity index is 961. The molecular weight excluding hydrogens is 345 g/mol. The van der Waals surface area contributed by atoms with Crippen molar-refractivity contribution in [1.29, 1.82) is 0 Å². The molecule has 0 saturated heterocycles. The van der Waals surface area contributed by atoms with Crippen molar-refractivity contribution in [1.82, 2.24) is 10.2 Å². The van der Waals surface area contributed by atoms with Crippen LogP contribution < -0.4 is 10.6 Å². The van der Waals surface area contributed by atoms with Crippen LogP contribution in [0.15, 0.2) is 48.5 Å². The van der Waals surface area contributed by atoms with E-state index in [1.54, 1.807) is 0 Å². The van der Waals surface area contributed by atoms with Gasteiger partial charge >= 0.3 is 0 Å². The third-order valence-corrected chi connectivity index (χ3v) is 3.47. The Kier molecular flexibility index (Phi) is 4.83. The Balaban J connectivity index is 1.72. The Morgan fingerprint density at radius 1 is 0.962 bits per heavy atom. The zero-order valence-electron chi connectivity index (χ0n) is 13.6. The van der Waals surface area contributed by atoms with E-state index in [0.717, 1.165) is 17.3 Å². The average Bonchev–Trinajstić information content (AvgIpc) is 2.63. The molecule has 0 unspecified atom stereocenters. The van der Waals surface area contributed by atoms with Crippen LogP contribution in [-0.2, 0) is 0 Å². The molecule has 0 saturated carbocycles. The summed E-state index contributed by atoms with van der Waals surface area (Å²) in [6, 6.07) is 12.1. The van der Waals surface area contributed by atoms with Crippen LogP contribution in [0.2, 0.25) is 0 Å². The lowest BCUT2D eigenvalue weighted by Gasteiger charge is -2.08. The summed E-state index contributed by atoms with van der Waals surface area (Å²) in [5.41, 5.74) is 1.27. The molecule has 3 rings (SSSR count). The maximum absolute atomic E-state index is 13.6. The van der Waals surface area contributed by atoms with Crippen molar-refractivity contribution in [2.45, 2.75) is 6.92 Å². The first-order chi connectivity index (χ1) is 12.4. The maximum Gasteiger partial charge on any atom is 0.276 e. The third kappa shape index (κ3) is 3.80. The van der Waals surface area contributed by atoms with Crippen molar-refractivity contribution < 1.29 is 18.0 Å². The summed E-state index contributed by atoms with van der Waals surface area (Å²) in [6.45, 7) is 1.95. The van der Waals surface area contributed by atoms with Gasteiger partial charge < -0.3 is 10.6 Å².